The standard InChI is InChI=1S/C19H19N5O2/c20-10-15-12-23-17-3-1-13(9-16(15)17)5-6-22-19(26)14-2-4-18(24-11-14)21-7-8-25/h1-4,9,11-12,23,25H,5-8H2,(H,21,24)(H,22,26). The molecule has 0 aliphatic rings. The number of carbonyl (C=O) groups excluding carboxylic acids is 1. The van der Waals surface area contributed by atoms with Crippen molar-refractivity contribution in [1.29, 1.82) is 5.26 Å². The number of carbonyl (C=O) groups is 1. The zero-order valence-corrected chi connectivity index (χ0v) is 14.1. The van der Waals surface area contributed by atoms with Gasteiger partial charge in [-0.1, -0.05) is 6.07 Å². The van der Waals surface area contributed by atoms with Crippen LogP contribution in [0.25, 0.3) is 10.9 Å². The zero-order chi connectivity index (χ0) is 18.4. The molecule has 1 aromatic carbocycles. The number of amides is 1. The Bertz CT molecular complexity index is 941. The highest BCUT2D eigenvalue weighted by atomic mass is 16.3. The summed E-state index contributed by atoms with van der Waals surface area (Å²) in [6.07, 6.45) is 3.86. The molecule has 0 saturated carbocycles. The van der Waals surface area contributed by atoms with Gasteiger partial charge in [0.1, 0.15) is 11.9 Å². The summed E-state index contributed by atoms with van der Waals surface area (Å²) in [5, 5.41) is 24.6. The Hall–Kier alpha value is -3.37. The van der Waals surface area contributed by atoms with Crippen molar-refractivity contribution in [2.75, 3.05) is 25.0 Å². The Morgan fingerprint density at radius 3 is 2.88 bits per heavy atom. The van der Waals surface area contributed by atoms with Crippen LogP contribution < -0.4 is 10.6 Å². The average molecular weight is 349 g/mol. The molecule has 2 heterocycles. The number of hydrogen-bond acceptors (Lipinski definition) is 5. The fourth-order valence-corrected chi connectivity index (χ4v) is 2.65. The maximum absolute atomic E-state index is 12.2. The first-order valence-electron chi connectivity index (χ1n) is 8.30. The number of anilines is 1. The summed E-state index contributed by atoms with van der Waals surface area (Å²) in [7, 11) is 0. The molecule has 0 atom stereocenters. The van der Waals surface area contributed by atoms with Gasteiger partial charge in [0.15, 0.2) is 0 Å². The molecule has 0 unspecified atom stereocenters. The maximum atomic E-state index is 12.2. The fourth-order valence-electron chi connectivity index (χ4n) is 2.65. The Morgan fingerprint density at radius 1 is 1.27 bits per heavy atom. The van der Waals surface area contributed by atoms with Gasteiger partial charge in [0.05, 0.1) is 17.7 Å². The van der Waals surface area contributed by atoms with E-state index in [9.17, 15) is 4.79 Å². The summed E-state index contributed by atoms with van der Waals surface area (Å²) < 4.78 is 0. The number of nitriles is 1. The van der Waals surface area contributed by atoms with Crippen molar-refractivity contribution >= 4 is 22.6 Å². The van der Waals surface area contributed by atoms with Crippen molar-refractivity contribution in [1.82, 2.24) is 15.3 Å². The monoisotopic (exact) mass is 349 g/mol. The Balaban J connectivity index is 1.56. The first kappa shape index (κ1) is 17.5. The third-order valence-corrected chi connectivity index (χ3v) is 4.01. The molecule has 1 amide bonds. The molecule has 0 spiro atoms. The van der Waals surface area contributed by atoms with Crippen LogP contribution in [0.15, 0.2) is 42.7 Å². The number of H-pyrrole nitrogens is 1. The normalized spacial score (nSPS) is 10.5. The van der Waals surface area contributed by atoms with Gasteiger partial charge in [0.25, 0.3) is 5.91 Å². The highest BCUT2D eigenvalue weighted by Gasteiger charge is 2.07. The molecule has 7 heteroatoms. The third-order valence-electron chi connectivity index (χ3n) is 4.01. The number of nitrogens with zero attached hydrogens (tertiary/aromatic N) is 2. The van der Waals surface area contributed by atoms with Crippen molar-refractivity contribution in [2.45, 2.75) is 6.42 Å². The molecule has 0 bridgehead atoms. The average Bonchev–Trinajstić information content (AvgIpc) is 3.09. The lowest BCUT2D eigenvalue weighted by molar-refractivity contribution is 0.0954. The summed E-state index contributed by atoms with van der Waals surface area (Å²) in [4.78, 5) is 19.4. The molecule has 0 saturated heterocycles. The first-order chi connectivity index (χ1) is 12.7. The SMILES string of the molecule is N#Cc1c[nH]c2ccc(CCNC(=O)c3ccc(NCCO)nc3)cc12. The lowest BCUT2D eigenvalue weighted by Crippen LogP contribution is -2.25. The zero-order valence-electron chi connectivity index (χ0n) is 14.1. The van der Waals surface area contributed by atoms with Crippen LogP contribution >= 0.6 is 0 Å². The molecule has 3 aromatic rings. The number of rotatable bonds is 7. The number of hydrogen-bond donors (Lipinski definition) is 4. The van der Waals surface area contributed by atoms with Crippen molar-refractivity contribution in [2.24, 2.45) is 0 Å². The third kappa shape index (κ3) is 3.99. The summed E-state index contributed by atoms with van der Waals surface area (Å²) in [6, 6.07) is 11.4. The molecule has 3 rings (SSSR count). The number of pyridine rings is 1. The van der Waals surface area contributed by atoms with E-state index in [1.807, 2.05) is 18.2 Å². The minimum Gasteiger partial charge on any atom is -0.395 e. The van der Waals surface area contributed by atoms with Gasteiger partial charge in [-0.15, -0.1) is 0 Å². The van der Waals surface area contributed by atoms with Gasteiger partial charge < -0.3 is 20.7 Å². The number of aliphatic hydroxyl groups excluding tert-OH is 1. The van der Waals surface area contributed by atoms with Crippen molar-refractivity contribution < 1.29 is 9.90 Å². The van der Waals surface area contributed by atoms with Crippen LogP contribution in [0, 0.1) is 11.3 Å². The van der Waals surface area contributed by atoms with E-state index in [0.717, 1.165) is 16.5 Å². The van der Waals surface area contributed by atoms with Gasteiger partial charge >= 0.3 is 0 Å². The van der Waals surface area contributed by atoms with E-state index >= 15 is 0 Å². The Kier molecular flexibility index (Phi) is 5.46. The van der Waals surface area contributed by atoms with E-state index < -0.39 is 0 Å². The van der Waals surface area contributed by atoms with Crippen molar-refractivity contribution in [3.05, 3.63) is 59.4 Å². The largest absolute Gasteiger partial charge is 0.395 e. The topological polar surface area (TPSA) is 114 Å². The van der Waals surface area contributed by atoms with Crippen LogP contribution in [0.3, 0.4) is 0 Å². The minimum atomic E-state index is -0.188. The predicted octanol–water partition coefficient (Wildman–Crippen LogP) is 1.81. The fraction of sp³-hybridized carbons (Fsp3) is 0.211. The van der Waals surface area contributed by atoms with Crippen LogP contribution in [0.2, 0.25) is 0 Å². The smallest absolute Gasteiger partial charge is 0.252 e. The van der Waals surface area contributed by atoms with Crippen LogP contribution in [0.5, 0.6) is 0 Å². The van der Waals surface area contributed by atoms with Crippen LogP contribution in [-0.4, -0.2) is 40.7 Å². The molecule has 0 aliphatic carbocycles. The number of benzene rings is 1. The van der Waals surface area contributed by atoms with Gasteiger partial charge in [-0.05, 0) is 36.2 Å². The Labute approximate surface area is 150 Å². The molecular weight excluding hydrogens is 330 g/mol. The lowest BCUT2D eigenvalue weighted by Gasteiger charge is -2.07. The molecule has 2 aromatic heterocycles. The van der Waals surface area contributed by atoms with E-state index in [0.29, 0.717) is 36.5 Å². The van der Waals surface area contributed by atoms with E-state index in [4.69, 9.17) is 10.4 Å². The summed E-state index contributed by atoms with van der Waals surface area (Å²) in [5.74, 6) is 0.426. The minimum absolute atomic E-state index is 0.0221. The Morgan fingerprint density at radius 2 is 2.15 bits per heavy atom. The second-order valence-corrected chi connectivity index (χ2v) is 5.78. The van der Waals surface area contributed by atoms with Gasteiger partial charge in [0, 0.05) is 36.4 Å². The predicted molar refractivity (Wildman–Crippen MR) is 98.9 cm³/mol. The van der Waals surface area contributed by atoms with Gasteiger partial charge in [0.2, 0.25) is 0 Å². The highest BCUT2D eigenvalue weighted by molar-refractivity contribution is 5.94. The highest BCUT2D eigenvalue weighted by Crippen LogP contribution is 2.19. The lowest BCUT2D eigenvalue weighted by atomic mass is 10.1. The molecule has 0 fully saturated rings. The number of nitrogens with one attached hydrogen (secondary N) is 3. The molecule has 26 heavy (non-hydrogen) atoms. The molecule has 7 nitrogen and oxygen atoms in total. The van der Waals surface area contributed by atoms with E-state index in [1.165, 1.54) is 6.20 Å². The van der Waals surface area contributed by atoms with E-state index in [-0.39, 0.29) is 12.5 Å². The second kappa shape index (κ2) is 8.14. The van der Waals surface area contributed by atoms with Crippen molar-refractivity contribution in [3.8, 4) is 6.07 Å². The van der Waals surface area contributed by atoms with E-state index in [1.54, 1.807) is 18.3 Å². The van der Waals surface area contributed by atoms with Gasteiger partial charge in [-0.25, -0.2) is 4.98 Å². The molecule has 0 aliphatic heterocycles. The quantitative estimate of drug-likeness (QED) is 0.519. The summed E-state index contributed by atoms with van der Waals surface area (Å²) in [5.41, 5.74) is 3.07. The molecule has 132 valence electrons. The van der Waals surface area contributed by atoms with Crippen LogP contribution in [0.4, 0.5) is 5.82 Å². The summed E-state index contributed by atoms with van der Waals surface area (Å²) in [6.45, 7) is 0.924. The number of aliphatic hydroxyl groups is 1. The molecule has 0 radical (unpaired) electrons. The number of fused-ring (bicyclic) bond motifs is 1. The van der Waals surface area contributed by atoms with Gasteiger partial charge in [-0.3, -0.25) is 4.79 Å². The van der Waals surface area contributed by atoms with E-state index in [2.05, 4.69) is 26.7 Å². The van der Waals surface area contributed by atoms with Gasteiger partial charge in [-0.2, -0.15) is 5.26 Å². The van der Waals surface area contributed by atoms with Crippen LogP contribution in [0.1, 0.15) is 21.5 Å². The number of aromatic amines is 1. The maximum Gasteiger partial charge on any atom is 0.252 e. The molecular formula is C19H19N5O2. The number of aromatic nitrogens is 2. The van der Waals surface area contributed by atoms with Crippen molar-refractivity contribution in [3.63, 3.8) is 0 Å². The first-order valence-corrected chi connectivity index (χ1v) is 8.30. The second-order valence-electron chi connectivity index (χ2n) is 5.78. The molecule has 4 N–H and O–H groups in total. The summed E-state index contributed by atoms with van der Waals surface area (Å²) >= 11 is 0. The van der Waals surface area contributed by atoms with Crippen LogP contribution in [-0.2, 0) is 6.42 Å².